The van der Waals surface area contributed by atoms with Crippen molar-refractivity contribution in [1.82, 2.24) is 10.4 Å². The Hall–Kier alpha value is -1.39. The molecule has 0 heterocycles. The van der Waals surface area contributed by atoms with Gasteiger partial charge in [0.2, 0.25) is 0 Å². The van der Waals surface area contributed by atoms with E-state index in [4.69, 9.17) is 16.4 Å². The molecule has 0 bridgehead atoms. The van der Waals surface area contributed by atoms with Crippen LogP contribution in [0.5, 0.6) is 0 Å². The molecular formula is C18H23ClN2O. The molecule has 0 aromatic heterocycles. The van der Waals surface area contributed by atoms with Crippen LogP contribution in [0, 0.1) is 0 Å². The average molecular weight is 319 g/mol. The van der Waals surface area contributed by atoms with E-state index >= 15 is 0 Å². The number of hydroxylamine groups is 1. The summed E-state index contributed by atoms with van der Waals surface area (Å²) in [4.78, 5) is 7.76. The van der Waals surface area contributed by atoms with Gasteiger partial charge >= 0.3 is 0 Å². The van der Waals surface area contributed by atoms with Gasteiger partial charge in [-0.3, -0.25) is 0 Å². The Kier molecular flexibility index (Phi) is 7.40. The fourth-order valence-electron chi connectivity index (χ4n) is 2.22. The molecule has 0 unspecified atom stereocenters. The van der Waals surface area contributed by atoms with Gasteiger partial charge in [-0.15, -0.1) is 0 Å². The van der Waals surface area contributed by atoms with Gasteiger partial charge in [0.1, 0.15) is 0 Å². The highest BCUT2D eigenvalue weighted by Crippen LogP contribution is 2.14. The standard InChI is InChI=1S/C18H23ClN2O/c1-21(15-16-8-3-2-4-9-16)12-7-13-22-20-14-17-10-5-6-11-18(17)19/h2-6,8-11,20H,7,12-15H2,1H3. The minimum absolute atomic E-state index is 0.625. The third-order valence-electron chi connectivity index (χ3n) is 3.40. The summed E-state index contributed by atoms with van der Waals surface area (Å²) in [5.41, 5.74) is 5.35. The first-order chi connectivity index (χ1) is 10.8. The second-order valence-electron chi connectivity index (χ2n) is 5.34. The molecule has 0 aliphatic heterocycles. The van der Waals surface area contributed by atoms with Gasteiger partial charge in [-0.25, -0.2) is 0 Å². The summed E-state index contributed by atoms with van der Waals surface area (Å²) in [6.45, 7) is 3.28. The van der Waals surface area contributed by atoms with Crippen molar-refractivity contribution >= 4 is 11.6 Å². The van der Waals surface area contributed by atoms with Crippen molar-refractivity contribution in [3.05, 3.63) is 70.7 Å². The van der Waals surface area contributed by atoms with Gasteiger partial charge in [-0.2, -0.15) is 5.48 Å². The summed E-state index contributed by atoms with van der Waals surface area (Å²) in [7, 11) is 2.13. The third-order valence-corrected chi connectivity index (χ3v) is 3.77. The maximum atomic E-state index is 6.08. The molecule has 22 heavy (non-hydrogen) atoms. The first kappa shape index (κ1) is 17.0. The summed E-state index contributed by atoms with van der Waals surface area (Å²) >= 11 is 6.08. The van der Waals surface area contributed by atoms with Crippen molar-refractivity contribution < 1.29 is 4.84 Å². The van der Waals surface area contributed by atoms with E-state index in [1.54, 1.807) is 0 Å². The lowest BCUT2D eigenvalue weighted by Crippen LogP contribution is -2.22. The van der Waals surface area contributed by atoms with E-state index in [2.05, 4.69) is 41.7 Å². The van der Waals surface area contributed by atoms with Gasteiger partial charge in [0, 0.05) is 24.7 Å². The normalized spacial score (nSPS) is 11.0. The van der Waals surface area contributed by atoms with Crippen molar-refractivity contribution in [2.75, 3.05) is 20.2 Å². The smallest absolute Gasteiger partial charge is 0.0694 e. The van der Waals surface area contributed by atoms with E-state index in [1.807, 2.05) is 30.3 Å². The zero-order valence-corrected chi connectivity index (χ0v) is 13.7. The Balaban J connectivity index is 1.55. The van der Waals surface area contributed by atoms with Crippen molar-refractivity contribution in [2.24, 2.45) is 0 Å². The predicted octanol–water partition coefficient (Wildman–Crippen LogP) is 3.88. The molecule has 1 N–H and O–H groups in total. The minimum Gasteiger partial charge on any atom is -0.302 e. The number of nitrogens with one attached hydrogen (secondary N) is 1. The van der Waals surface area contributed by atoms with Crippen LogP contribution in [0.25, 0.3) is 0 Å². The van der Waals surface area contributed by atoms with Crippen LogP contribution in [-0.4, -0.2) is 25.1 Å². The Morgan fingerprint density at radius 2 is 1.77 bits per heavy atom. The molecule has 2 rings (SSSR count). The number of rotatable bonds is 9. The Labute approximate surface area is 137 Å². The van der Waals surface area contributed by atoms with Crippen molar-refractivity contribution in [3.8, 4) is 0 Å². The second-order valence-corrected chi connectivity index (χ2v) is 5.75. The Bertz CT molecular complexity index is 548. The molecule has 0 atom stereocenters. The van der Waals surface area contributed by atoms with Gasteiger partial charge in [0.05, 0.1) is 6.61 Å². The molecule has 3 nitrogen and oxygen atoms in total. The fraction of sp³-hybridized carbons (Fsp3) is 0.333. The number of nitrogens with zero attached hydrogens (tertiary/aromatic N) is 1. The van der Waals surface area contributed by atoms with Crippen molar-refractivity contribution in [2.45, 2.75) is 19.5 Å². The number of hydrogen-bond acceptors (Lipinski definition) is 3. The maximum absolute atomic E-state index is 6.08. The molecule has 118 valence electrons. The van der Waals surface area contributed by atoms with Crippen molar-refractivity contribution in [1.29, 1.82) is 0 Å². The predicted molar refractivity (Wildman–Crippen MR) is 91.6 cm³/mol. The minimum atomic E-state index is 0.625. The van der Waals surface area contributed by atoms with Gasteiger partial charge in [0.15, 0.2) is 0 Å². The molecule has 4 heteroatoms. The van der Waals surface area contributed by atoms with Gasteiger partial charge in [-0.1, -0.05) is 60.1 Å². The molecule has 0 spiro atoms. The van der Waals surface area contributed by atoms with Crippen LogP contribution in [-0.2, 0) is 17.9 Å². The SMILES string of the molecule is CN(CCCONCc1ccccc1Cl)Cc1ccccc1. The van der Waals surface area contributed by atoms with E-state index in [-0.39, 0.29) is 0 Å². The summed E-state index contributed by atoms with van der Waals surface area (Å²) in [5.74, 6) is 0. The van der Waals surface area contributed by atoms with E-state index < -0.39 is 0 Å². The van der Waals surface area contributed by atoms with E-state index in [0.717, 1.165) is 30.1 Å². The average Bonchev–Trinajstić information content (AvgIpc) is 2.53. The van der Waals surface area contributed by atoms with E-state index in [0.29, 0.717) is 13.2 Å². The van der Waals surface area contributed by atoms with Crippen LogP contribution in [0.2, 0.25) is 5.02 Å². The molecule has 0 aliphatic rings. The lowest BCUT2D eigenvalue weighted by molar-refractivity contribution is 0.0314. The molecule has 0 aliphatic carbocycles. The first-order valence-electron chi connectivity index (χ1n) is 7.56. The highest BCUT2D eigenvalue weighted by molar-refractivity contribution is 6.31. The highest BCUT2D eigenvalue weighted by atomic mass is 35.5. The lowest BCUT2D eigenvalue weighted by atomic mass is 10.2. The van der Waals surface area contributed by atoms with Crippen LogP contribution < -0.4 is 5.48 Å². The van der Waals surface area contributed by atoms with Crippen molar-refractivity contribution in [3.63, 3.8) is 0 Å². The monoisotopic (exact) mass is 318 g/mol. The van der Waals surface area contributed by atoms with E-state index in [9.17, 15) is 0 Å². The van der Waals surface area contributed by atoms with Gasteiger partial charge in [-0.05, 0) is 30.7 Å². The molecule has 0 saturated carbocycles. The largest absolute Gasteiger partial charge is 0.302 e. The molecule has 0 saturated heterocycles. The molecule has 0 fully saturated rings. The molecule has 0 radical (unpaired) electrons. The molecular weight excluding hydrogens is 296 g/mol. The summed E-state index contributed by atoms with van der Waals surface area (Å²) in [5, 5.41) is 0.765. The molecule has 2 aromatic carbocycles. The zero-order valence-electron chi connectivity index (χ0n) is 13.0. The van der Waals surface area contributed by atoms with Crippen LogP contribution in [0.4, 0.5) is 0 Å². The zero-order chi connectivity index (χ0) is 15.6. The third kappa shape index (κ3) is 6.16. The van der Waals surface area contributed by atoms with Crippen LogP contribution in [0.3, 0.4) is 0 Å². The second kappa shape index (κ2) is 9.59. The van der Waals surface area contributed by atoms with Crippen LogP contribution in [0.15, 0.2) is 54.6 Å². The van der Waals surface area contributed by atoms with Crippen LogP contribution >= 0.6 is 11.6 Å². The van der Waals surface area contributed by atoms with Gasteiger partial charge < -0.3 is 9.74 Å². The maximum Gasteiger partial charge on any atom is 0.0694 e. The molecule has 2 aromatic rings. The summed E-state index contributed by atoms with van der Waals surface area (Å²) < 4.78 is 0. The van der Waals surface area contributed by atoms with Gasteiger partial charge in [0.25, 0.3) is 0 Å². The fourth-order valence-corrected chi connectivity index (χ4v) is 2.43. The summed E-state index contributed by atoms with van der Waals surface area (Å²) in [6.07, 6.45) is 0.985. The quantitative estimate of drug-likeness (QED) is 0.561. The highest BCUT2D eigenvalue weighted by Gasteiger charge is 2.01. The Morgan fingerprint density at radius 1 is 1.05 bits per heavy atom. The molecule has 0 amide bonds. The number of benzene rings is 2. The summed E-state index contributed by atoms with van der Waals surface area (Å²) in [6, 6.07) is 18.3. The first-order valence-corrected chi connectivity index (χ1v) is 7.94. The topological polar surface area (TPSA) is 24.5 Å². The lowest BCUT2D eigenvalue weighted by Gasteiger charge is -2.16. The van der Waals surface area contributed by atoms with E-state index in [1.165, 1.54) is 5.56 Å². The number of hydrogen-bond donors (Lipinski definition) is 1. The van der Waals surface area contributed by atoms with Crippen LogP contribution in [0.1, 0.15) is 17.5 Å². The number of halogens is 1. The Morgan fingerprint density at radius 3 is 2.55 bits per heavy atom.